The van der Waals surface area contributed by atoms with Gasteiger partial charge < -0.3 is 15.1 Å². The lowest BCUT2D eigenvalue weighted by molar-refractivity contribution is 0.0620. The zero-order valence-electron chi connectivity index (χ0n) is 11.0. The minimum atomic E-state index is -0.219. The topological polar surface area (TPSA) is 43.7 Å². The number of aliphatic hydroxyl groups excluding tert-OH is 2. The molecule has 1 atom stereocenters. The molecule has 1 aliphatic rings. The molecule has 18 heavy (non-hydrogen) atoms. The molecule has 0 spiro atoms. The standard InChI is InChI=1S/C15H23NO2/c1-15(12-17,13-5-3-2-4-6-13)11-16-9-7-14(18)8-10-16/h2-6,14,17-18H,7-12H2,1H3. The van der Waals surface area contributed by atoms with Gasteiger partial charge in [0.15, 0.2) is 0 Å². The number of likely N-dealkylation sites (tertiary alicyclic amines) is 1. The highest BCUT2D eigenvalue weighted by Gasteiger charge is 2.30. The maximum Gasteiger partial charge on any atom is 0.0564 e. The van der Waals surface area contributed by atoms with E-state index in [2.05, 4.69) is 24.0 Å². The van der Waals surface area contributed by atoms with Crippen LogP contribution in [0.1, 0.15) is 25.3 Å². The number of hydrogen-bond donors (Lipinski definition) is 2. The Bertz CT molecular complexity index is 360. The summed E-state index contributed by atoms with van der Waals surface area (Å²) in [7, 11) is 0. The first kappa shape index (κ1) is 13.5. The largest absolute Gasteiger partial charge is 0.395 e. The zero-order chi connectivity index (χ0) is 13.0. The van der Waals surface area contributed by atoms with Crippen molar-refractivity contribution in [2.45, 2.75) is 31.3 Å². The third-order valence-electron chi connectivity index (χ3n) is 3.95. The molecule has 2 N–H and O–H groups in total. The smallest absolute Gasteiger partial charge is 0.0564 e. The first-order valence-electron chi connectivity index (χ1n) is 6.71. The number of piperidine rings is 1. The van der Waals surface area contributed by atoms with Gasteiger partial charge in [0, 0.05) is 25.0 Å². The van der Waals surface area contributed by atoms with Crippen LogP contribution < -0.4 is 0 Å². The summed E-state index contributed by atoms with van der Waals surface area (Å²) in [5, 5.41) is 19.3. The molecule has 0 radical (unpaired) electrons. The summed E-state index contributed by atoms with van der Waals surface area (Å²) in [6.07, 6.45) is 1.55. The third-order valence-corrected chi connectivity index (χ3v) is 3.95. The van der Waals surface area contributed by atoms with E-state index < -0.39 is 0 Å². The van der Waals surface area contributed by atoms with Gasteiger partial charge in [-0.3, -0.25) is 0 Å². The molecule has 1 aliphatic heterocycles. The number of rotatable bonds is 4. The van der Waals surface area contributed by atoms with Crippen molar-refractivity contribution in [2.75, 3.05) is 26.2 Å². The van der Waals surface area contributed by atoms with Gasteiger partial charge >= 0.3 is 0 Å². The zero-order valence-corrected chi connectivity index (χ0v) is 11.0. The van der Waals surface area contributed by atoms with Gasteiger partial charge in [-0.1, -0.05) is 37.3 Å². The van der Waals surface area contributed by atoms with Crippen LogP contribution in [0.2, 0.25) is 0 Å². The van der Waals surface area contributed by atoms with E-state index in [9.17, 15) is 10.2 Å². The van der Waals surface area contributed by atoms with Crippen LogP contribution in [-0.2, 0) is 5.41 Å². The van der Waals surface area contributed by atoms with Crippen molar-refractivity contribution in [1.82, 2.24) is 4.90 Å². The van der Waals surface area contributed by atoms with Crippen LogP contribution in [0.4, 0.5) is 0 Å². The lowest BCUT2D eigenvalue weighted by Gasteiger charge is -2.37. The van der Waals surface area contributed by atoms with E-state index in [1.54, 1.807) is 0 Å². The summed E-state index contributed by atoms with van der Waals surface area (Å²) in [5.74, 6) is 0. The first-order valence-corrected chi connectivity index (χ1v) is 6.71. The Kier molecular flexibility index (Phi) is 4.38. The molecule has 1 fully saturated rings. The Balaban J connectivity index is 2.04. The maximum atomic E-state index is 9.75. The highest BCUT2D eigenvalue weighted by Crippen LogP contribution is 2.25. The van der Waals surface area contributed by atoms with Crippen LogP contribution in [-0.4, -0.2) is 47.5 Å². The minimum absolute atomic E-state index is 0.140. The molecule has 0 saturated carbocycles. The van der Waals surface area contributed by atoms with Gasteiger partial charge in [0.1, 0.15) is 0 Å². The van der Waals surface area contributed by atoms with Crippen molar-refractivity contribution in [1.29, 1.82) is 0 Å². The summed E-state index contributed by atoms with van der Waals surface area (Å²) in [4.78, 5) is 2.34. The maximum absolute atomic E-state index is 9.75. The van der Waals surface area contributed by atoms with Crippen LogP contribution >= 0.6 is 0 Å². The Labute approximate surface area is 109 Å². The monoisotopic (exact) mass is 249 g/mol. The Morgan fingerprint density at radius 1 is 1.22 bits per heavy atom. The number of hydrogen-bond acceptors (Lipinski definition) is 3. The lowest BCUT2D eigenvalue weighted by Crippen LogP contribution is -2.45. The Hall–Kier alpha value is -0.900. The fourth-order valence-corrected chi connectivity index (χ4v) is 2.64. The predicted molar refractivity (Wildman–Crippen MR) is 72.6 cm³/mol. The molecule has 3 nitrogen and oxygen atoms in total. The van der Waals surface area contributed by atoms with E-state index in [-0.39, 0.29) is 18.1 Å². The Morgan fingerprint density at radius 2 is 1.83 bits per heavy atom. The molecule has 0 aromatic heterocycles. The number of benzene rings is 1. The SMILES string of the molecule is CC(CO)(CN1CCC(O)CC1)c1ccccc1. The van der Waals surface area contributed by atoms with Gasteiger partial charge in [0.2, 0.25) is 0 Å². The summed E-state index contributed by atoms with van der Waals surface area (Å²) in [6.45, 7) is 4.94. The summed E-state index contributed by atoms with van der Waals surface area (Å²) in [6, 6.07) is 10.2. The van der Waals surface area contributed by atoms with Crippen LogP contribution in [0.15, 0.2) is 30.3 Å². The molecule has 0 bridgehead atoms. The van der Waals surface area contributed by atoms with Gasteiger partial charge in [0.05, 0.1) is 12.7 Å². The molecular weight excluding hydrogens is 226 g/mol. The average Bonchev–Trinajstić information content (AvgIpc) is 2.42. The Morgan fingerprint density at radius 3 is 2.39 bits per heavy atom. The summed E-state index contributed by atoms with van der Waals surface area (Å²) >= 11 is 0. The molecule has 1 saturated heterocycles. The van der Waals surface area contributed by atoms with E-state index in [1.165, 1.54) is 5.56 Å². The summed E-state index contributed by atoms with van der Waals surface area (Å²) in [5.41, 5.74) is 0.961. The highest BCUT2D eigenvalue weighted by molar-refractivity contribution is 5.25. The van der Waals surface area contributed by atoms with E-state index >= 15 is 0 Å². The minimum Gasteiger partial charge on any atom is -0.395 e. The van der Waals surface area contributed by atoms with Crippen molar-refractivity contribution < 1.29 is 10.2 Å². The molecular formula is C15H23NO2. The van der Waals surface area contributed by atoms with E-state index in [0.717, 1.165) is 32.5 Å². The van der Waals surface area contributed by atoms with E-state index in [1.807, 2.05) is 18.2 Å². The van der Waals surface area contributed by atoms with E-state index in [4.69, 9.17) is 0 Å². The molecule has 1 aromatic rings. The van der Waals surface area contributed by atoms with Gasteiger partial charge in [-0.25, -0.2) is 0 Å². The normalized spacial score (nSPS) is 21.7. The van der Waals surface area contributed by atoms with Crippen molar-refractivity contribution in [3.8, 4) is 0 Å². The van der Waals surface area contributed by atoms with Crippen LogP contribution in [0.3, 0.4) is 0 Å². The summed E-state index contributed by atoms with van der Waals surface area (Å²) < 4.78 is 0. The van der Waals surface area contributed by atoms with Crippen LogP contribution in [0.25, 0.3) is 0 Å². The second-order valence-electron chi connectivity index (χ2n) is 5.59. The number of nitrogens with zero attached hydrogens (tertiary/aromatic N) is 1. The third kappa shape index (κ3) is 3.10. The fourth-order valence-electron chi connectivity index (χ4n) is 2.64. The molecule has 100 valence electrons. The molecule has 0 amide bonds. The fraction of sp³-hybridized carbons (Fsp3) is 0.600. The predicted octanol–water partition coefficient (Wildman–Crippen LogP) is 1.39. The van der Waals surface area contributed by atoms with Gasteiger partial charge in [-0.2, -0.15) is 0 Å². The van der Waals surface area contributed by atoms with Crippen LogP contribution in [0.5, 0.6) is 0 Å². The molecule has 3 heteroatoms. The van der Waals surface area contributed by atoms with Gasteiger partial charge in [-0.05, 0) is 18.4 Å². The first-order chi connectivity index (χ1) is 8.64. The molecule has 1 heterocycles. The van der Waals surface area contributed by atoms with Crippen LogP contribution in [0, 0.1) is 0 Å². The second kappa shape index (κ2) is 5.83. The second-order valence-corrected chi connectivity index (χ2v) is 5.59. The van der Waals surface area contributed by atoms with Crippen molar-refractivity contribution in [3.63, 3.8) is 0 Å². The number of aliphatic hydroxyl groups is 2. The molecule has 1 aromatic carbocycles. The van der Waals surface area contributed by atoms with E-state index in [0.29, 0.717) is 0 Å². The lowest BCUT2D eigenvalue weighted by atomic mass is 9.82. The van der Waals surface area contributed by atoms with Crippen molar-refractivity contribution in [2.24, 2.45) is 0 Å². The van der Waals surface area contributed by atoms with Gasteiger partial charge in [-0.15, -0.1) is 0 Å². The molecule has 2 rings (SSSR count). The molecule has 1 unspecified atom stereocenters. The molecule has 0 aliphatic carbocycles. The average molecular weight is 249 g/mol. The quantitative estimate of drug-likeness (QED) is 0.847. The van der Waals surface area contributed by atoms with Crippen molar-refractivity contribution >= 4 is 0 Å². The highest BCUT2D eigenvalue weighted by atomic mass is 16.3. The van der Waals surface area contributed by atoms with Gasteiger partial charge in [0.25, 0.3) is 0 Å². The van der Waals surface area contributed by atoms with Crippen molar-refractivity contribution in [3.05, 3.63) is 35.9 Å².